The van der Waals surface area contributed by atoms with Gasteiger partial charge in [0.2, 0.25) is 0 Å². The van der Waals surface area contributed by atoms with Crippen LogP contribution in [-0.4, -0.2) is 56.8 Å². The van der Waals surface area contributed by atoms with Gasteiger partial charge in [-0.1, -0.05) is 0 Å². The third-order valence-electron chi connectivity index (χ3n) is 2.94. The first-order valence-corrected chi connectivity index (χ1v) is 6.37. The Labute approximate surface area is 116 Å². The predicted octanol–water partition coefficient (Wildman–Crippen LogP) is -1.34. The lowest BCUT2D eigenvalue weighted by atomic mass is 10.1. The zero-order valence-corrected chi connectivity index (χ0v) is 11.6. The minimum atomic E-state index is -1.32. The van der Waals surface area contributed by atoms with Crippen molar-refractivity contribution in [3.63, 3.8) is 0 Å². The molecule has 0 amide bonds. The summed E-state index contributed by atoms with van der Waals surface area (Å²) < 4.78 is 6.83. The standard InChI is InChI=1S/C10H14BrN3O5/c1-12-8-4(11)2-14(10(18)13-8)9-7(17)6(16)5(3-15)19-9/h2,5-7,9,15-17H,3H2,1H3,(H,12,13,18)/t5-,6-,7+,9-/m1/s1. The third kappa shape index (κ3) is 2.51. The molecule has 0 unspecified atom stereocenters. The second-order valence-corrected chi connectivity index (χ2v) is 4.96. The van der Waals surface area contributed by atoms with Crippen molar-refractivity contribution in [1.82, 2.24) is 9.55 Å². The Hall–Kier alpha value is -1.00. The van der Waals surface area contributed by atoms with Crippen molar-refractivity contribution in [2.24, 2.45) is 0 Å². The van der Waals surface area contributed by atoms with Crippen molar-refractivity contribution >= 4 is 21.7 Å². The molecule has 0 spiro atoms. The fraction of sp³-hybridized carbons (Fsp3) is 0.600. The van der Waals surface area contributed by atoms with Gasteiger partial charge < -0.3 is 25.4 Å². The van der Waals surface area contributed by atoms with E-state index in [1.165, 1.54) is 6.20 Å². The van der Waals surface area contributed by atoms with Gasteiger partial charge in [0, 0.05) is 13.2 Å². The molecule has 8 nitrogen and oxygen atoms in total. The average molecular weight is 336 g/mol. The molecular formula is C10H14BrN3O5. The molecule has 0 aliphatic carbocycles. The monoisotopic (exact) mass is 335 g/mol. The molecular weight excluding hydrogens is 322 g/mol. The highest BCUT2D eigenvalue weighted by Gasteiger charge is 2.43. The Balaban J connectivity index is 2.38. The molecule has 2 rings (SSSR count). The second-order valence-electron chi connectivity index (χ2n) is 4.11. The Bertz CT molecular complexity index is 522. The van der Waals surface area contributed by atoms with Crippen molar-refractivity contribution < 1.29 is 20.1 Å². The van der Waals surface area contributed by atoms with Crippen LogP contribution >= 0.6 is 15.9 Å². The summed E-state index contributed by atoms with van der Waals surface area (Å²) in [6, 6.07) is 0. The first-order chi connectivity index (χ1) is 8.99. The maximum Gasteiger partial charge on any atom is 0.351 e. The summed E-state index contributed by atoms with van der Waals surface area (Å²) in [6.45, 7) is -0.452. The zero-order chi connectivity index (χ0) is 14.2. The minimum absolute atomic E-state index is 0.355. The quantitative estimate of drug-likeness (QED) is 0.540. The van der Waals surface area contributed by atoms with Crippen LogP contribution in [0.3, 0.4) is 0 Å². The molecule has 106 valence electrons. The van der Waals surface area contributed by atoms with E-state index in [4.69, 9.17) is 9.84 Å². The van der Waals surface area contributed by atoms with Gasteiger partial charge in [-0.25, -0.2) is 4.79 Å². The van der Waals surface area contributed by atoms with Gasteiger partial charge in [0.1, 0.15) is 24.1 Å². The Morgan fingerprint density at radius 1 is 1.53 bits per heavy atom. The average Bonchev–Trinajstić information content (AvgIpc) is 2.68. The lowest BCUT2D eigenvalue weighted by Gasteiger charge is -2.18. The van der Waals surface area contributed by atoms with E-state index >= 15 is 0 Å². The lowest BCUT2D eigenvalue weighted by Crippen LogP contribution is -2.36. The minimum Gasteiger partial charge on any atom is -0.394 e. The van der Waals surface area contributed by atoms with Gasteiger partial charge >= 0.3 is 5.69 Å². The number of anilines is 1. The van der Waals surface area contributed by atoms with Gasteiger partial charge in [-0.05, 0) is 15.9 Å². The van der Waals surface area contributed by atoms with Gasteiger partial charge in [-0.15, -0.1) is 0 Å². The van der Waals surface area contributed by atoms with Gasteiger partial charge in [-0.3, -0.25) is 4.57 Å². The predicted molar refractivity (Wildman–Crippen MR) is 68.8 cm³/mol. The molecule has 1 aliphatic rings. The zero-order valence-electron chi connectivity index (χ0n) is 10.0. The summed E-state index contributed by atoms with van der Waals surface area (Å²) >= 11 is 3.22. The van der Waals surface area contributed by atoms with E-state index in [0.29, 0.717) is 10.3 Å². The van der Waals surface area contributed by atoms with Crippen molar-refractivity contribution in [2.45, 2.75) is 24.5 Å². The summed E-state index contributed by atoms with van der Waals surface area (Å²) in [4.78, 5) is 15.6. The molecule has 0 aromatic carbocycles. The summed E-state index contributed by atoms with van der Waals surface area (Å²) in [6.07, 6.45) is -3.20. The molecule has 0 radical (unpaired) electrons. The van der Waals surface area contributed by atoms with Crippen LogP contribution in [0.1, 0.15) is 6.23 Å². The van der Waals surface area contributed by atoms with Crippen LogP contribution in [0.15, 0.2) is 15.5 Å². The summed E-state index contributed by atoms with van der Waals surface area (Å²) in [5.74, 6) is 0.355. The van der Waals surface area contributed by atoms with E-state index in [2.05, 4.69) is 26.2 Å². The number of aliphatic hydroxyl groups is 3. The third-order valence-corrected chi connectivity index (χ3v) is 3.52. The Kier molecular flexibility index (Phi) is 4.21. The summed E-state index contributed by atoms with van der Waals surface area (Å²) in [7, 11) is 1.61. The van der Waals surface area contributed by atoms with Gasteiger partial charge in [0.25, 0.3) is 0 Å². The van der Waals surface area contributed by atoms with Crippen LogP contribution in [0.2, 0.25) is 0 Å². The number of nitrogens with zero attached hydrogens (tertiary/aromatic N) is 2. The summed E-state index contributed by atoms with van der Waals surface area (Å²) in [5.41, 5.74) is -0.637. The van der Waals surface area contributed by atoms with E-state index in [0.717, 1.165) is 4.57 Å². The number of aromatic nitrogens is 2. The molecule has 1 aliphatic heterocycles. The fourth-order valence-corrected chi connectivity index (χ4v) is 2.42. The normalized spacial score (nSPS) is 30.6. The molecule has 1 fully saturated rings. The topological polar surface area (TPSA) is 117 Å². The molecule has 1 saturated heterocycles. The lowest BCUT2D eigenvalue weighted by molar-refractivity contribution is -0.0550. The number of nitrogens with one attached hydrogen (secondary N) is 1. The maximum absolute atomic E-state index is 11.8. The number of ether oxygens (including phenoxy) is 1. The SMILES string of the molecule is CNc1nc(=O)n([C@@H]2O[C@H](CO)[C@@H](O)[C@@H]2O)cc1Br. The first kappa shape index (κ1) is 14.4. The number of hydrogen-bond acceptors (Lipinski definition) is 7. The van der Waals surface area contributed by atoms with Crippen LogP contribution < -0.4 is 11.0 Å². The fourth-order valence-electron chi connectivity index (χ4n) is 1.91. The molecule has 19 heavy (non-hydrogen) atoms. The van der Waals surface area contributed by atoms with Gasteiger partial charge in [-0.2, -0.15) is 4.98 Å². The van der Waals surface area contributed by atoms with Crippen molar-refractivity contribution in [3.05, 3.63) is 21.2 Å². The van der Waals surface area contributed by atoms with Crippen LogP contribution in [0.5, 0.6) is 0 Å². The van der Waals surface area contributed by atoms with E-state index in [-0.39, 0.29) is 0 Å². The van der Waals surface area contributed by atoms with Crippen molar-refractivity contribution in [3.8, 4) is 0 Å². The summed E-state index contributed by atoms with van der Waals surface area (Å²) in [5, 5.41) is 31.2. The smallest absolute Gasteiger partial charge is 0.351 e. The van der Waals surface area contributed by atoms with E-state index in [1.807, 2.05) is 0 Å². The van der Waals surface area contributed by atoms with E-state index in [1.54, 1.807) is 7.05 Å². The highest BCUT2D eigenvalue weighted by atomic mass is 79.9. The van der Waals surface area contributed by atoms with E-state index in [9.17, 15) is 15.0 Å². The molecule has 2 heterocycles. The van der Waals surface area contributed by atoms with Crippen LogP contribution in [0.25, 0.3) is 0 Å². The maximum atomic E-state index is 11.8. The molecule has 4 N–H and O–H groups in total. The van der Waals surface area contributed by atoms with Crippen LogP contribution in [0, 0.1) is 0 Å². The first-order valence-electron chi connectivity index (χ1n) is 5.58. The van der Waals surface area contributed by atoms with Crippen molar-refractivity contribution in [1.29, 1.82) is 0 Å². The molecule has 4 atom stereocenters. The molecule has 0 bridgehead atoms. The molecule has 1 aromatic heterocycles. The Morgan fingerprint density at radius 2 is 2.21 bits per heavy atom. The Morgan fingerprint density at radius 3 is 2.74 bits per heavy atom. The number of aliphatic hydroxyl groups excluding tert-OH is 3. The second kappa shape index (κ2) is 5.55. The highest BCUT2D eigenvalue weighted by Crippen LogP contribution is 2.29. The van der Waals surface area contributed by atoms with Crippen LogP contribution in [-0.2, 0) is 4.74 Å². The number of rotatable bonds is 3. The largest absolute Gasteiger partial charge is 0.394 e. The van der Waals surface area contributed by atoms with Crippen molar-refractivity contribution in [2.75, 3.05) is 19.0 Å². The molecule has 9 heteroatoms. The van der Waals surface area contributed by atoms with Gasteiger partial charge in [0.15, 0.2) is 6.23 Å². The number of hydrogen-bond donors (Lipinski definition) is 4. The molecule has 1 aromatic rings. The molecule has 0 saturated carbocycles. The van der Waals surface area contributed by atoms with Gasteiger partial charge in [0.05, 0.1) is 11.1 Å². The number of halogens is 1. The van der Waals surface area contributed by atoms with E-state index < -0.39 is 36.8 Å². The van der Waals surface area contributed by atoms with Crippen LogP contribution in [0.4, 0.5) is 5.82 Å². The highest BCUT2D eigenvalue weighted by molar-refractivity contribution is 9.10.